The summed E-state index contributed by atoms with van der Waals surface area (Å²) >= 11 is 0. The Bertz CT molecular complexity index is 1680. The van der Waals surface area contributed by atoms with Crippen molar-refractivity contribution in [2.45, 2.75) is 40.9 Å². The Hall–Kier alpha value is -3.94. The number of carbonyl (C=O) groups is 2. The molecule has 0 aliphatic carbocycles. The Balaban J connectivity index is 1.79. The summed E-state index contributed by atoms with van der Waals surface area (Å²) in [5, 5.41) is 0. The highest BCUT2D eigenvalue weighted by Gasteiger charge is 2.69. The first-order valence-electron chi connectivity index (χ1n) is 12.1. The van der Waals surface area contributed by atoms with Crippen LogP contribution in [0.4, 0.5) is 10.5 Å². The highest BCUT2D eigenvalue weighted by Crippen LogP contribution is 2.57. The number of sulfonamides is 1. The van der Waals surface area contributed by atoms with Crippen LogP contribution in [0, 0.1) is 6.92 Å². The number of carbonyl (C=O) groups excluding carboxylic acids is 2. The van der Waals surface area contributed by atoms with Gasteiger partial charge in [0, 0.05) is 12.0 Å². The molecule has 1 fully saturated rings. The molecule has 210 valence electrons. The third-order valence-corrected chi connectivity index (χ3v) is 10.2. The van der Waals surface area contributed by atoms with Gasteiger partial charge in [-0.1, -0.05) is 54.1 Å². The highest BCUT2D eigenvalue weighted by molar-refractivity contribution is 7.93. The van der Waals surface area contributed by atoms with Crippen molar-refractivity contribution in [3.63, 3.8) is 0 Å². The van der Waals surface area contributed by atoms with Gasteiger partial charge in [0.15, 0.2) is 11.8 Å². The number of amides is 1. The maximum atomic E-state index is 14.2. The van der Waals surface area contributed by atoms with Gasteiger partial charge in [0.25, 0.3) is 20.1 Å². The number of benzene rings is 3. The third kappa shape index (κ3) is 4.21. The lowest BCUT2D eigenvalue weighted by Crippen LogP contribution is -2.57. The lowest BCUT2D eigenvalue weighted by molar-refractivity contribution is -0.145. The number of rotatable bonds is 6. The number of ether oxygens (including phenoxy) is 2. The molecular weight excluding hydrogens is 560 g/mol. The van der Waals surface area contributed by atoms with Crippen molar-refractivity contribution in [1.82, 2.24) is 4.90 Å². The molecule has 11 nitrogen and oxygen atoms in total. The zero-order valence-corrected chi connectivity index (χ0v) is 23.4. The van der Waals surface area contributed by atoms with Gasteiger partial charge in [0.1, 0.15) is 6.04 Å². The number of para-hydroxylation sites is 1. The number of hydrogen-bond donors (Lipinski definition) is 0. The largest absolute Gasteiger partial charge is 0.467 e. The molecule has 3 aromatic rings. The molecule has 13 heteroatoms. The van der Waals surface area contributed by atoms with Gasteiger partial charge in [-0.2, -0.15) is 8.42 Å². The van der Waals surface area contributed by atoms with Gasteiger partial charge in [-0.05, 0) is 37.3 Å². The first-order chi connectivity index (χ1) is 19.0. The minimum atomic E-state index is -4.56. The van der Waals surface area contributed by atoms with Crippen molar-refractivity contribution in [1.29, 1.82) is 0 Å². The quantitative estimate of drug-likeness (QED) is 0.315. The number of hydrogen-bond acceptors (Lipinski definition) is 9. The SMILES string of the molecule is COC(=O)[C@@H]1C[C@]2(OS(=O)(=O)c3ccc(C)cc3)c3ccccc3N(S(=O)(=O)c3ccccc3)[C@@H]2N1C(=O)OC. The van der Waals surface area contributed by atoms with Crippen LogP contribution in [0.5, 0.6) is 0 Å². The molecule has 0 aromatic heterocycles. The minimum absolute atomic E-state index is 0.0904. The second-order valence-electron chi connectivity index (χ2n) is 9.37. The molecule has 2 heterocycles. The summed E-state index contributed by atoms with van der Waals surface area (Å²) in [5.74, 6) is -0.898. The molecule has 0 spiro atoms. The monoisotopic (exact) mass is 586 g/mol. The van der Waals surface area contributed by atoms with E-state index in [1.54, 1.807) is 37.3 Å². The van der Waals surface area contributed by atoms with Gasteiger partial charge in [-0.15, -0.1) is 0 Å². The molecule has 0 unspecified atom stereocenters. The third-order valence-electron chi connectivity index (χ3n) is 7.06. The number of esters is 1. The summed E-state index contributed by atoms with van der Waals surface area (Å²) in [4.78, 5) is 26.8. The van der Waals surface area contributed by atoms with Crippen LogP contribution in [0.25, 0.3) is 0 Å². The number of likely N-dealkylation sites (tertiary alicyclic amines) is 1. The molecular formula is C27H26N2O9S2. The summed E-state index contributed by atoms with van der Waals surface area (Å²) in [6.45, 7) is 1.79. The number of nitrogens with zero attached hydrogens (tertiary/aromatic N) is 2. The van der Waals surface area contributed by atoms with E-state index < -0.39 is 56.4 Å². The van der Waals surface area contributed by atoms with Gasteiger partial charge in [-0.25, -0.2) is 22.3 Å². The lowest BCUT2D eigenvalue weighted by atomic mass is 9.91. The van der Waals surface area contributed by atoms with Crippen LogP contribution in [0.2, 0.25) is 0 Å². The predicted molar refractivity (Wildman–Crippen MR) is 142 cm³/mol. The van der Waals surface area contributed by atoms with Gasteiger partial charge < -0.3 is 9.47 Å². The molecule has 0 bridgehead atoms. The molecule has 3 atom stereocenters. The van der Waals surface area contributed by atoms with Gasteiger partial charge in [0.2, 0.25) is 0 Å². The molecule has 0 saturated carbocycles. The number of anilines is 1. The van der Waals surface area contributed by atoms with Crippen LogP contribution < -0.4 is 4.31 Å². The average Bonchev–Trinajstić information content (AvgIpc) is 3.41. The molecule has 1 saturated heterocycles. The summed E-state index contributed by atoms with van der Waals surface area (Å²) in [5.41, 5.74) is -0.970. The van der Waals surface area contributed by atoms with Crippen molar-refractivity contribution >= 4 is 37.9 Å². The van der Waals surface area contributed by atoms with E-state index in [9.17, 15) is 26.4 Å². The number of aryl methyl sites for hydroxylation is 1. The van der Waals surface area contributed by atoms with Crippen LogP contribution in [0.1, 0.15) is 17.5 Å². The maximum absolute atomic E-state index is 14.2. The van der Waals surface area contributed by atoms with Crippen LogP contribution in [-0.4, -0.2) is 60.2 Å². The predicted octanol–water partition coefficient (Wildman–Crippen LogP) is 3.14. The smallest absolute Gasteiger partial charge is 0.412 e. The van der Waals surface area contributed by atoms with E-state index in [1.165, 1.54) is 48.5 Å². The molecule has 5 rings (SSSR count). The summed E-state index contributed by atoms with van der Waals surface area (Å²) in [6, 6.07) is 18.1. The maximum Gasteiger partial charge on any atom is 0.412 e. The Kier molecular flexibility index (Phi) is 6.84. The van der Waals surface area contributed by atoms with Crippen LogP contribution in [-0.2, 0) is 44.2 Å². The Morgan fingerprint density at radius 1 is 0.825 bits per heavy atom. The topological polar surface area (TPSA) is 137 Å². The van der Waals surface area contributed by atoms with Crippen LogP contribution in [0.15, 0.2) is 88.7 Å². The summed E-state index contributed by atoms with van der Waals surface area (Å²) in [7, 11) is -6.83. The summed E-state index contributed by atoms with van der Waals surface area (Å²) in [6.07, 6.45) is -3.16. The minimum Gasteiger partial charge on any atom is -0.467 e. The van der Waals surface area contributed by atoms with E-state index in [4.69, 9.17) is 13.7 Å². The molecule has 40 heavy (non-hydrogen) atoms. The van der Waals surface area contributed by atoms with E-state index >= 15 is 0 Å². The van der Waals surface area contributed by atoms with E-state index in [0.717, 1.165) is 29.0 Å². The molecule has 3 aromatic carbocycles. The molecule has 2 aliphatic rings. The molecule has 1 amide bonds. The second-order valence-corrected chi connectivity index (χ2v) is 12.7. The fourth-order valence-corrected chi connectivity index (χ4v) is 8.18. The molecule has 2 aliphatic heterocycles. The van der Waals surface area contributed by atoms with E-state index in [-0.39, 0.29) is 21.0 Å². The van der Waals surface area contributed by atoms with Gasteiger partial charge in [-0.3, -0.25) is 9.08 Å². The highest BCUT2D eigenvalue weighted by atomic mass is 32.2. The van der Waals surface area contributed by atoms with E-state index in [1.807, 2.05) is 0 Å². The van der Waals surface area contributed by atoms with E-state index in [2.05, 4.69) is 0 Å². The molecule has 0 radical (unpaired) electrons. The van der Waals surface area contributed by atoms with Gasteiger partial charge in [0.05, 0.1) is 29.7 Å². The standard InChI is InChI=1S/C27H26N2O9S2/c1-18-13-15-20(16-14-18)40(34,35)38-27-17-23(24(30)36-2)28(26(31)37-3)25(27)29(22-12-8-7-11-21(22)27)39(32,33)19-9-5-4-6-10-19/h4-16,23,25H,17H2,1-3H3/t23-,25-,27-/m0/s1. The van der Waals surface area contributed by atoms with Crippen molar-refractivity contribution in [2.75, 3.05) is 18.5 Å². The normalized spacial score (nSPS) is 22.0. The van der Waals surface area contributed by atoms with Crippen molar-refractivity contribution in [2.24, 2.45) is 0 Å². The van der Waals surface area contributed by atoms with Crippen molar-refractivity contribution in [3.8, 4) is 0 Å². The number of methoxy groups -OCH3 is 2. The summed E-state index contributed by atoms with van der Waals surface area (Å²) < 4.78 is 72.6. The molecule has 0 N–H and O–H groups in total. The zero-order valence-electron chi connectivity index (χ0n) is 21.8. The Morgan fingerprint density at radius 3 is 2.08 bits per heavy atom. The second kappa shape index (κ2) is 9.91. The van der Waals surface area contributed by atoms with Crippen molar-refractivity contribution < 1.29 is 40.1 Å². The Morgan fingerprint density at radius 2 is 1.45 bits per heavy atom. The first kappa shape index (κ1) is 27.6. The average molecular weight is 587 g/mol. The number of fused-ring (bicyclic) bond motifs is 3. The Labute approximate surface area is 232 Å². The van der Waals surface area contributed by atoms with E-state index in [0.29, 0.717) is 0 Å². The fraction of sp³-hybridized carbons (Fsp3) is 0.259. The lowest BCUT2D eigenvalue weighted by Gasteiger charge is -2.36. The van der Waals surface area contributed by atoms with Crippen molar-refractivity contribution in [3.05, 3.63) is 90.0 Å². The van der Waals surface area contributed by atoms with Crippen LogP contribution >= 0.6 is 0 Å². The zero-order chi connectivity index (χ0) is 28.9. The van der Waals surface area contributed by atoms with Gasteiger partial charge >= 0.3 is 12.1 Å². The fourth-order valence-electron chi connectivity index (χ4n) is 5.30. The van der Waals surface area contributed by atoms with Crippen LogP contribution in [0.3, 0.4) is 0 Å². The first-order valence-corrected chi connectivity index (χ1v) is 15.0.